The van der Waals surface area contributed by atoms with E-state index in [9.17, 15) is 17.6 Å². The molecule has 0 spiro atoms. The first-order valence-corrected chi connectivity index (χ1v) is 6.04. The second-order valence-corrected chi connectivity index (χ2v) is 4.37. The number of benzene rings is 1. The Morgan fingerprint density at radius 1 is 1.30 bits per heavy atom. The van der Waals surface area contributed by atoms with Gasteiger partial charge in [-0.05, 0) is 18.7 Å². The van der Waals surface area contributed by atoms with Crippen molar-refractivity contribution < 1.29 is 47.6 Å². The third kappa shape index (κ3) is 6.88. The number of carboxylic acids is 1. The van der Waals surface area contributed by atoms with Gasteiger partial charge < -0.3 is 14.9 Å². The molecule has 0 saturated carbocycles. The van der Waals surface area contributed by atoms with Crippen LogP contribution in [0.25, 0.3) is 11.3 Å². The zero-order chi connectivity index (χ0) is 16.9. The molecule has 0 unspecified atom stereocenters. The summed E-state index contributed by atoms with van der Waals surface area (Å²) >= 11 is 0. The summed E-state index contributed by atoms with van der Waals surface area (Å²) in [5.41, 5.74) is -0.00114. The van der Waals surface area contributed by atoms with Crippen molar-refractivity contribution in [3.63, 3.8) is 0 Å². The van der Waals surface area contributed by atoms with Gasteiger partial charge in [0.2, 0.25) is 0 Å². The number of hydrogen-bond donors (Lipinski definition) is 1. The van der Waals surface area contributed by atoms with E-state index in [2.05, 4.69) is 11.1 Å². The summed E-state index contributed by atoms with van der Waals surface area (Å²) in [6, 6.07) is 7.19. The van der Waals surface area contributed by atoms with Gasteiger partial charge in [0.1, 0.15) is 0 Å². The molecule has 1 aromatic heterocycles. The van der Waals surface area contributed by atoms with Crippen molar-refractivity contribution in [1.29, 1.82) is 0 Å². The number of aliphatic hydroxyl groups excluding tert-OH is 1. The number of hydrogen-bond acceptors (Lipinski definition) is 1. The largest absolute Gasteiger partial charge is 0.477 e. The van der Waals surface area contributed by atoms with E-state index in [0.29, 0.717) is 11.8 Å². The Balaban J connectivity index is 0.000000871. The van der Waals surface area contributed by atoms with E-state index in [1.54, 1.807) is 19.1 Å². The van der Waals surface area contributed by atoms with Gasteiger partial charge in [-0.25, -0.2) is 0 Å². The number of aliphatic carboxylic acids is 1. The molecule has 0 saturated heterocycles. The first-order valence-electron chi connectivity index (χ1n) is 6.04. The van der Waals surface area contributed by atoms with Crippen LogP contribution in [-0.4, -0.2) is 20.9 Å². The Kier molecular flexibility index (Phi) is 8.06. The Bertz CT molecular complexity index is 671. The molecular formula is C15H13F4IrNO2. The van der Waals surface area contributed by atoms with Crippen LogP contribution < -0.4 is 0 Å². The number of halogens is 4. The average molecular weight is 507 g/mol. The van der Waals surface area contributed by atoms with Crippen LogP contribution in [0.5, 0.6) is 0 Å². The Morgan fingerprint density at radius 2 is 1.87 bits per heavy atom. The van der Waals surface area contributed by atoms with Crippen LogP contribution in [0.15, 0.2) is 30.5 Å². The van der Waals surface area contributed by atoms with Gasteiger partial charge in [-0.1, -0.05) is 11.6 Å². The number of nitrogens with zero attached hydrogens (tertiary/aromatic N) is 1. The molecule has 1 aromatic carbocycles. The van der Waals surface area contributed by atoms with Gasteiger partial charge in [-0.2, -0.15) is 13.2 Å². The number of aromatic nitrogens is 1. The molecule has 0 bridgehead atoms. The van der Waals surface area contributed by atoms with Crippen molar-refractivity contribution in [3.05, 3.63) is 53.5 Å². The molecule has 127 valence electrons. The van der Waals surface area contributed by atoms with E-state index >= 15 is 0 Å². The van der Waals surface area contributed by atoms with Crippen molar-refractivity contribution in [2.45, 2.75) is 20.0 Å². The fourth-order valence-corrected chi connectivity index (χ4v) is 1.52. The minimum atomic E-state index is -4.72. The van der Waals surface area contributed by atoms with Crippen LogP contribution in [0.4, 0.5) is 17.6 Å². The number of aryl methyl sites for hydroxylation is 1. The topological polar surface area (TPSA) is 54.5 Å². The molecule has 1 heterocycles. The van der Waals surface area contributed by atoms with Crippen LogP contribution in [0.1, 0.15) is 18.1 Å². The molecule has 23 heavy (non-hydrogen) atoms. The maximum atomic E-state index is 13.1. The quantitative estimate of drug-likeness (QED) is 0.360. The molecule has 0 amide bonds. The molecule has 1 radical (unpaired) electrons. The van der Waals surface area contributed by atoms with Gasteiger partial charge in [0.15, 0.2) is 0 Å². The summed E-state index contributed by atoms with van der Waals surface area (Å²) in [6.07, 6.45) is -3.24. The third-order valence-electron chi connectivity index (χ3n) is 2.40. The summed E-state index contributed by atoms with van der Waals surface area (Å²) in [5.74, 6) is -1.92. The standard InChI is InChI=1S/C13H8F4N.C2H4O2.Ir/c1-8-4-5-18-12(6-8)9-2-3-11(14)10(7-9)13(15,16)17;1-2(3)4;/h3-7H,1H3;1H3,(H,3,4);/q-1;;/p+1. The van der Waals surface area contributed by atoms with Crippen molar-refractivity contribution in [3.8, 4) is 11.3 Å². The molecule has 0 aliphatic rings. The van der Waals surface area contributed by atoms with Crippen LogP contribution in [-0.2, 0) is 26.3 Å². The molecule has 8 heteroatoms. The second kappa shape index (κ2) is 8.74. The maximum Gasteiger partial charge on any atom is 0.477 e. The number of rotatable bonds is 1. The van der Waals surface area contributed by atoms with Gasteiger partial charge in [-0.15, -0.1) is 23.8 Å². The molecular weight excluding hydrogens is 494 g/mol. The molecule has 0 atom stereocenters. The summed E-state index contributed by atoms with van der Waals surface area (Å²) < 4.78 is 50.7. The first kappa shape index (κ1) is 21.2. The first-order chi connectivity index (χ1) is 10.1. The van der Waals surface area contributed by atoms with Crippen molar-refractivity contribution in [2.75, 3.05) is 0 Å². The van der Waals surface area contributed by atoms with Gasteiger partial charge in [-0.3, -0.25) is 4.39 Å². The van der Waals surface area contributed by atoms with E-state index in [0.717, 1.165) is 11.6 Å². The molecule has 0 aliphatic carbocycles. The van der Waals surface area contributed by atoms with Gasteiger partial charge in [0, 0.05) is 37.7 Å². The van der Waals surface area contributed by atoms with E-state index in [1.807, 2.05) is 0 Å². The summed E-state index contributed by atoms with van der Waals surface area (Å²) in [5, 5.41) is 7.53. The number of carboxylic acid groups (broad SMARTS) is 1. The summed E-state index contributed by atoms with van der Waals surface area (Å²) in [7, 11) is 0. The van der Waals surface area contributed by atoms with Gasteiger partial charge in [0.05, 0.1) is 6.92 Å². The van der Waals surface area contributed by atoms with Crippen molar-refractivity contribution in [1.82, 2.24) is 4.98 Å². The fraction of sp³-hybridized carbons (Fsp3) is 0.200. The van der Waals surface area contributed by atoms with E-state index in [1.165, 1.54) is 13.1 Å². The van der Waals surface area contributed by atoms with Crippen LogP contribution in [0.3, 0.4) is 0 Å². The minimum absolute atomic E-state index is 0. The van der Waals surface area contributed by atoms with Crippen LogP contribution >= 0.6 is 0 Å². The monoisotopic (exact) mass is 508 g/mol. The Hall–Kier alpha value is -1.79. The Labute approximate surface area is 143 Å². The minimum Gasteiger partial charge on any atom is -0.339 e. The predicted molar refractivity (Wildman–Crippen MR) is 73.5 cm³/mol. The maximum absolute atomic E-state index is 13.1. The van der Waals surface area contributed by atoms with Gasteiger partial charge in [0.25, 0.3) is 0 Å². The van der Waals surface area contributed by atoms with Gasteiger partial charge >= 0.3 is 12.1 Å². The Morgan fingerprint density at radius 3 is 2.35 bits per heavy atom. The van der Waals surface area contributed by atoms with Crippen molar-refractivity contribution >= 4 is 5.97 Å². The van der Waals surface area contributed by atoms with Crippen LogP contribution in [0.2, 0.25) is 0 Å². The average Bonchev–Trinajstić information content (AvgIpc) is 2.37. The number of alkyl halides is 3. The normalized spacial score (nSPS) is 10.2. The molecule has 2 N–H and O–H groups in total. The third-order valence-corrected chi connectivity index (χ3v) is 2.40. The smallest absolute Gasteiger partial charge is 0.339 e. The second-order valence-electron chi connectivity index (χ2n) is 4.37. The zero-order valence-electron chi connectivity index (χ0n) is 12.1. The predicted octanol–water partition coefficient (Wildman–Crippen LogP) is 4.08. The molecule has 0 fully saturated rings. The molecule has 2 rings (SSSR count). The summed E-state index contributed by atoms with van der Waals surface area (Å²) in [4.78, 5) is 11.5. The molecule has 3 nitrogen and oxygen atoms in total. The number of pyridine rings is 1. The fourth-order valence-electron chi connectivity index (χ4n) is 1.52. The summed E-state index contributed by atoms with van der Waals surface area (Å²) in [6.45, 7) is 2.99. The molecule has 0 aliphatic heterocycles. The SMILES string of the molecule is CC(O)=[OH+].Cc1ccnc(-c2[c-]cc(F)c(C(F)(F)F)c2)c1.[Ir]. The van der Waals surface area contributed by atoms with E-state index in [-0.39, 0.29) is 25.7 Å². The zero-order valence-corrected chi connectivity index (χ0v) is 14.5. The molecule has 2 aromatic rings. The van der Waals surface area contributed by atoms with E-state index in [4.69, 9.17) is 9.90 Å². The van der Waals surface area contributed by atoms with Crippen LogP contribution in [0, 0.1) is 18.8 Å². The van der Waals surface area contributed by atoms with Crippen molar-refractivity contribution in [2.24, 2.45) is 0 Å². The van der Waals surface area contributed by atoms with E-state index < -0.39 is 23.5 Å².